The Morgan fingerprint density at radius 2 is 1.68 bits per heavy atom. The van der Waals surface area contributed by atoms with Crippen molar-refractivity contribution in [2.75, 3.05) is 32.2 Å². The van der Waals surface area contributed by atoms with E-state index in [1.165, 1.54) is 16.7 Å². The Morgan fingerprint density at radius 1 is 1.00 bits per heavy atom. The maximum atomic E-state index is 13.2. The summed E-state index contributed by atoms with van der Waals surface area (Å²) < 4.78 is 10.9. The number of rotatable bonds is 7. The van der Waals surface area contributed by atoms with Crippen LogP contribution in [0.15, 0.2) is 36.4 Å². The average Bonchev–Trinajstić information content (AvgIpc) is 2.77. The number of nitrogens with zero attached hydrogens (tertiary/aromatic N) is 2. The fraction of sp³-hybridized carbons (Fsp3) is 0.500. The van der Waals surface area contributed by atoms with Gasteiger partial charge in [-0.2, -0.15) is 0 Å². The Hall–Kier alpha value is -2.53. The van der Waals surface area contributed by atoms with Gasteiger partial charge in [0.2, 0.25) is 5.91 Å². The number of anilines is 1. The van der Waals surface area contributed by atoms with Crippen LogP contribution < -0.4 is 14.4 Å². The average molecular weight is 425 g/mol. The van der Waals surface area contributed by atoms with Gasteiger partial charge in [0.1, 0.15) is 0 Å². The minimum atomic E-state index is -0.0679. The highest BCUT2D eigenvalue weighted by molar-refractivity contribution is 5.95. The Morgan fingerprint density at radius 3 is 2.26 bits per heavy atom. The molecule has 3 rings (SSSR count). The number of ether oxygens (including phenoxy) is 2. The van der Waals surface area contributed by atoms with Crippen LogP contribution in [0.5, 0.6) is 11.5 Å². The van der Waals surface area contributed by atoms with Gasteiger partial charge in [0.05, 0.1) is 14.2 Å². The van der Waals surface area contributed by atoms with Gasteiger partial charge in [-0.15, -0.1) is 0 Å². The molecular formula is C26H36N2O3. The fourth-order valence-corrected chi connectivity index (χ4v) is 4.27. The molecule has 31 heavy (non-hydrogen) atoms. The molecule has 5 heteroatoms. The van der Waals surface area contributed by atoms with E-state index in [2.05, 4.69) is 36.9 Å². The molecule has 1 fully saturated rings. The molecule has 0 atom stereocenters. The van der Waals surface area contributed by atoms with Gasteiger partial charge < -0.3 is 14.4 Å². The third kappa shape index (κ3) is 5.40. The van der Waals surface area contributed by atoms with Gasteiger partial charge in [-0.1, -0.05) is 32.0 Å². The second kappa shape index (κ2) is 10.2. The number of piperidine rings is 1. The van der Waals surface area contributed by atoms with Crippen molar-refractivity contribution in [3.05, 3.63) is 53.1 Å². The molecule has 5 nitrogen and oxygen atoms in total. The number of hydrogen-bond donors (Lipinski definition) is 0. The largest absolute Gasteiger partial charge is 0.493 e. The molecule has 1 amide bonds. The maximum Gasteiger partial charge on any atom is 0.229 e. The van der Waals surface area contributed by atoms with Crippen LogP contribution in [0, 0.1) is 19.8 Å². The summed E-state index contributed by atoms with van der Waals surface area (Å²) in [5, 5.41) is 0. The van der Waals surface area contributed by atoms with Gasteiger partial charge in [-0.25, -0.2) is 0 Å². The molecule has 2 aromatic rings. The highest BCUT2D eigenvalue weighted by Crippen LogP contribution is 2.34. The van der Waals surface area contributed by atoms with E-state index in [9.17, 15) is 4.79 Å². The van der Waals surface area contributed by atoms with Crippen LogP contribution in [0.2, 0.25) is 0 Å². The second-order valence-corrected chi connectivity index (χ2v) is 8.83. The Bertz CT molecular complexity index is 902. The lowest BCUT2D eigenvalue weighted by molar-refractivity contribution is -0.122. The number of carbonyl (C=O) groups excluding carboxylic acids is 1. The summed E-state index contributed by atoms with van der Waals surface area (Å²) in [4.78, 5) is 17.7. The van der Waals surface area contributed by atoms with Crippen molar-refractivity contribution in [2.24, 2.45) is 5.92 Å². The summed E-state index contributed by atoms with van der Waals surface area (Å²) in [6.07, 6.45) is 1.91. The summed E-state index contributed by atoms with van der Waals surface area (Å²) in [7, 11) is 3.25. The maximum absolute atomic E-state index is 13.2. The van der Waals surface area contributed by atoms with Gasteiger partial charge in [-0.05, 0) is 55.5 Å². The van der Waals surface area contributed by atoms with Crippen LogP contribution in [0.3, 0.4) is 0 Å². The molecule has 0 aliphatic carbocycles. The minimum absolute atomic E-state index is 0.0679. The molecule has 168 valence electrons. The number of likely N-dealkylation sites (tertiary alicyclic amines) is 1. The first kappa shape index (κ1) is 23.1. The number of aryl methyl sites for hydroxylation is 2. The zero-order chi connectivity index (χ0) is 22.5. The molecule has 2 aromatic carbocycles. The SMILES string of the molecule is COc1ccc(N(C(=O)C(C)C)C2CCN(Cc3ccc(C)c(C)c3)CC2)cc1OC. The quantitative estimate of drug-likeness (QED) is 0.629. The van der Waals surface area contributed by atoms with Crippen LogP contribution in [0.25, 0.3) is 0 Å². The standard InChI is InChI=1S/C26H36N2O3/c1-18(2)26(29)28(23-9-10-24(30-5)25(16-23)31-6)22-11-13-27(14-12-22)17-21-8-7-19(3)20(4)15-21/h7-10,15-16,18,22H,11-14,17H2,1-6H3. The van der Waals surface area contributed by atoms with Crippen LogP contribution in [0.4, 0.5) is 5.69 Å². The third-order valence-corrected chi connectivity index (χ3v) is 6.28. The van der Waals surface area contributed by atoms with Crippen LogP contribution in [-0.2, 0) is 11.3 Å². The Labute approximate surface area is 187 Å². The molecule has 0 N–H and O–H groups in total. The zero-order valence-electron chi connectivity index (χ0n) is 19.8. The summed E-state index contributed by atoms with van der Waals surface area (Å²) in [5.74, 6) is 1.40. The molecular weight excluding hydrogens is 388 g/mol. The van der Waals surface area contributed by atoms with E-state index in [0.29, 0.717) is 11.5 Å². The topological polar surface area (TPSA) is 42.0 Å². The van der Waals surface area contributed by atoms with Crippen molar-refractivity contribution in [3.8, 4) is 11.5 Å². The first-order valence-electron chi connectivity index (χ1n) is 11.2. The summed E-state index contributed by atoms with van der Waals surface area (Å²) in [6, 6.07) is 12.7. The summed E-state index contributed by atoms with van der Waals surface area (Å²) in [5.41, 5.74) is 4.91. The molecule has 0 bridgehead atoms. The lowest BCUT2D eigenvalue weighted by Crippen LogP contribution is -2.48. The molecule has 0 spiro atoms. The molecule has 1 heterocycles. The molecule has 0 unspecified atom stereocenters. The van der Waals surface area contributed by atoms with Crippen molar-refractivity contribution in [3.63, 3.8) is 0 Å². The first-order valence-corrected chi connectivity index (χ1v) is 11.2. The van der Waals surface area contributed by atoms with E-state index < -0.39 is 0 Å². The predicted octanol–water partition coefficient (Wildman–Crippen LogP) is 4.97. The van der Waals surface area contributed by atoms with Crippen LogP contribution in [0.1, 0.15) is 43.4 Å². The minimum Gasteiger partial charge on any atom is -0.493 e. The van der Waals surface area contributed by atoms with Crippen molar-refractivity contribution in [1.82, 2.24) is 4.90 Å². The first-order chi connectivity index (χ1) is 14.8. The zero-order valence-corrected chi connectivity index (χ0v) is 19.8. The molecule has 1 aliphatic heterocycles. The number of hydrogen-bond acceptors (Lipinski definition) is 4. The second-order valence-electron chi connectivity index (χ2n) is 8.83. The number of benzene rings is 2. The highest BCUT2D eigenvalue weighted by Gasteiger charge is 2.31. The predicted molar refractivity (Wildman–Crippen MR) is 126 cm³/mol. The van der Waals surface area contributed by atoms with Gasteiger partial charge in [0.25, 0.3) is 0 Å². The normalized spacial score (nSPS) is 15.2. The molecule has 0 saturated carbocycles. The van der Waals surface area contributed by atoms with E-state index in [1.54, 1.807) is 14.2 Å². The van der Waals surface area contributed by atoms with Crippen LogP contribution >= 0.6 is 0 Å². The van der Waals surface area contributed by atoms with Crippen molar-refractivity contribution >= 4 is 11.6 Å². The van der Waals surface area contributed by atoms with Gasteiger partial charge in [0.15, 0.2) is 11.5 Å². The Balaban J connectivity index is 1.74. The van der Waals surface area contributed by atoms with E-state index in [0.717, 1.165) is 38.2 Å². The van der Waals surface area contributed by atoms with Crippen LogP contribution in [-0.4, -0.2) is 44.2 Å². The Kier molecular flexibility index (Phi) is 7.60. The van der Waals surface area contributed by atoms with Gasteiger partial charge >= 0.3 is 0 Å². The van der Waals surface area contributed by atoms with E-state index >= 15 is 0 Å². The number of carbonyl (C=O) groups is 1. The monoisotopic (exact) mass is 424 g/mol. The molecule has 1 aliphatic rings. The van der Waals surface area contributed by atoms with E-state index in [1.807, 2.05) is 36.9 Å². The molecule has 0 radical (unpaired) electrons. The fourth-order valence-electron chi connectivity index (χ4n) is 4.27. The van der Waals surface area contributed by atoms with Gasteiger partial charge in [0, 0.05) is 43.3 Å². The van der Waals surface area contributed by atoms with Gasteiger partial charge in [-0.3, -0.25) is 9.69 Å². The third-order valence-electron chi connectivity index (χ3n) is 6.28. The van der Waals surface area contributed by atoms with Crippen molar-refractivity contribution in [1.29, 1.82) is 0 Å². The summed E-state index contributed by atoms with van der Waals surface area (Å²) in [6.45, 7) is 11.2. The number of amides is 1. The van der Waals surface area contributed by atoms with E-state index in [-0.39, 0.29) is 17.9 Å². The molecule has 1 saturated heterocycles. The lowest BCUT2D eigenvalue weighted by atomic mass is 9.99. The molecule has 0 aromatic heterocycles. The summed E-state index contributed by atoms with van der Waals surface area (Å²) >= 11 is 0. The lowest BCUT2D eigenvalue weighted by Gasteiger charge is -2.39. The highest BCUT2D eigenvalue weighted by atomic mass is 16.5. The van der Waals surface area contributed by atoms with Crippen molar-refractivity contribution in [2.45, 2.75) is 53.1 Å². The number of methoxy groups -OCH3 is 2. The smallest absolute Gasteiger partial charge is 0.229 e. The van der Waals surface area contributed by atoms with E-state index in [4.69, 9.17) is 9.47 Å². The van der Waals surface area contributed by atoms with Crippen molar-refractivity contribution < 1.29 is 14.3 Å².